The third kappa shape index (κ3) is 2.75. The highest BCUT2D eigenvalue weighted by molar-refractivity contribution is 5.89. The molecule has 0 fully saturated rings. The van der Waals surface area contributed by atoms with Gasteiger partial charge >= 0.3 is 0 Å². The number of aromatic hydroxyl groups is 1. The number of rotatable bonds is 4. The number of nitrogens with zero attached hydrogens (tertiary/aromatic N) is 2. The van der Waals surface area contributed by atoms with Crippen molar-refractivity contribution in [1.82, 2.24) is 9.55 Å². The van der Waals surface area contributed by atoms with Gasteiger partial charge in [0.2, 0.25) is 0 Å². The van der Waals surface area contributed by atoms with Crippen LogP contribution < -0.4 is 5.56 Å². The number of fused-ring (bicyclic) bond motifs is 5. The van der Waals surface area contributed by atoms with Crippen molar-refractivity contribution in [2.45, 2.75) is 65.4 Å². The smallest absolute Gasteiger partial charge is 0.258 e. The van der Waals surface area contributed by atoms with Crippen LogP contribution in [0.5, 0.6) is 5.75 Å². The topological polar surface area (TPSA) is 73.6 Å². The van der Waals surface area contributed by atoms with Crippen LogP contribution in [0.25, 0.3) is 22.3 Å². The van der Waals surface area contributed by atoms with Crippen LogP contribution in [0.4, 0.5) is 0 Å². The lowest BCUT2D eigenvalue weighted by Gasteiger charge is -2.41. The van der Waals surface area contributed by atoms with Gasteiger partial charge in [0.15, 0.2) is 0 Å². The second-order valence-electron chi connectivity index (χ2n) is 8.84. The highest BCUT2D eigenvalue weighted by Gasteiger charge is 2.44. The number of hydrogen-bond acceptors (Lipinski definition) is 5. The number of aromatic nitrogens is 2. The largest absolute Gasteiger partial charge is 0.508 e. The molecule has 32 heavy (non-hydrogen) atoms. The SMILES string of the molecule is C=C1OCc2c(cc3n(c2=O)Cc2c-3nc3ccc(O)cc3c2CC)[C@]1(CC)OC(C)C. The summed E-state index contributed by atoms with van der Waals surface area (Å²) in [6.07, 6.45) is 1.32. The Kier molecular flexibility index (Phi) is 4.67. The van der Waals surface area contributed by atoms with E-state index in [1.165, 1.54) is 0 Å². The zero-order valence-corrected chi connectivity index (χ0v) is 19.0. The first-order valence-electron chi connectivity index (χ1n) is 11.2. The van der Waals surface area contributed by atoms with E-state index in [1.807, 2.05) is 26.8 Å². The van der Waals surface area contributed by atoms with Gasteiger partial charge in [-0.3, -0.25) is 4.79 Å². The predicted molar refractivity (Wildman–Crippen MR) is 124 cm³/mol. The fourth-order valence-corrected chi connectivity index (χ4v) is 5.27. The number of phenols is 1. The first-order valence-corrected chi connectivity index (χ1v) is 11.2. The molecule has 4 heterocycles. The summed E-state index contributed by atoms with van der Waals surface area (Å²) in [6.45, 7) is 12.9. The van der Waals surface area contributed by atoms with Gasteiger partial charge in [-0.1, -0.05) is 20.4 Å². The summed E-state index contributed by atoms with van der Waals surface area (Å²) in [6, 6.07) is 7.29. The monoisotopic (exact) mass is 432 g/mol. The molecule has 1 N–H and O–H groups in total. The summed E-state index contributed by atoms with van der Waals surface area (Å²) in [7, 11) is 0. The van der Waals surface area contributed by atoms with Crippen LogP contribution in [-0.4, -0.2) is 20.8 Å². The van der Waals surface area contributed by atoms with E-state index in [0.29, 0.717) is 24.3 Å². The van der Waals surface area contributed by atoms with E-state index in [0.717, 1.165) is 45.4 Å². The summed E-state index contributed by atoms with van der Waals surface area (Å²) >= 11 is 0. The van der Waals surface area contributed by atoms with Crippen LogP contribution >= 0.6 is 0 Å². The van der Waals surface area contributed by atoms with E-state index in [-0.39, 0.29) is 24.0 Å². The molecule has 1 atom stereocenters. The number of aryl methyl sites for hydroxylation is 1. The molecule has 0 unspecified atom stereocenters. The van der Waals surface area contributed by atoms with Crippen LogP contribution in [0.15, 0.2) is 41.4 Å². The van der Waals surface area contributed by atoms with Crippen molar-refractivity contribution in [3.05, 3.63) is 69.2 Å². The molecule has 5 rings (SSSR count). The Morgan fingerprint density at radius 3 is 2.75 bits per heavy atom. The lowest BCUT2D eigenvalue weighted by atomic mass is 9.84. The molecule has 1 aromatic carbocycles. The van der Waals surface area contributed by atoms with E-state index >= 15 is 0 Å². The molecule has 2 aromatic heterocycles. The first kappa shape index (κ1) is 20.8. The zero-order chi connectivity index (χ0) is 22.8. The Morgan fingerprint density at radius 2 is 2.06 bits per heavy atom. The first-order chi connectivity index (χ1) is 15.3. The number of ether oxygens (including phenoxy) is 2. The molecule has 3 aromatic rings. The minimum absolute atomic E-state index is 0.0639. The molecule has 2 aliphatic heterocycles. The van der Waals surface area contributed by atoms with Gasteiger partial charge in [0, 0.05) is 16.5 Å². The molecular weight excluding hydrogens is 404 g/mol. The van der Waals surface area contributed by atoms with Gasteiger partial charge in [-0.2, -0.15) is 0 Å². The molecule has 0 amide bonds. The Morgan fingerprint density at radius 1 is 1.28 bits per heavy atom. The van der Waals surface area contributed by atoms with E-state index in [1.54, 1.807) is 16.7 Å². The van der Waals surface area contributed by atoms with Gasteiger partial charge in [-0.05, 0) is 56.5 Å². The van der Waals surface area contributed by atoms with E-state index < -0.39 is 5.60 Å². The van der Waals surface area contributed by atoms with Gasteiger partial charge in [0.05, 0.1) is 35.1 Å². The summed E-state index contributed by atoms with van der Waals surface area (Å²) in [5.41, 5.74) is 5.11. The van der Waals surface area contributed by atoms with Crippen molar-refractivity contribution in [2.75, 3.05) is 0 Å². The Hall–Kier alpha value is -3.12. The number of hydrogen-bond donors (Lipinski definition) is 1. The van der Waals surface area contributed by atoms with Crippen molar-refractivity contribution < 1.29 is 14.6 Å². The van der Waals surface area contributed by atoms with E-state index in [4.69, 9.17) is 14.5 Å². The van der Waals surface area contributed by atoms with Gasteiger partial charge < -0.3 is 19.1 Å². The third-order valence-electron chi connectivity index (χ3n) is 6.71. The van der Waals surface area contributed by atoms with Crippen LogP contribution in [0.3, 0.4) is 0 Å². The predicted octanol–water partition coefficient (Wildman–Crippen LogP) is 4.77. The molecule has 6 heteroatoms. The van der Waals surface area contributed by atoms with Crippen molar-refractivity contribution in [2.24, 2.45) is 0 Å². The molecular formula is C26H28N2O4. The molecule has 0 bridgehead atoms. The minimum Gasteiger partial charge on any atom is -0.508 e. The Balaban J connectivity index is 1.81. The molecule has 0 radical (unpaired) electrons. The molecule has 6 nitrogen and oxygen atoms in total. The highest BCUT2D eigenvalue weighted by atomic mass is 16.6. The van der Waals surface area contributed by atoms with Crippen LogP contribution in [-0.2, 0) is 34.6 Å². The van der Waals surface area contributed by atoms with E-state index in [9.17, 15) is 9.90 Å². The normalized spacial score (nSPS) is 19.1. The second kappa shape index (κ2) is 7.20. The minimum atomic E-state index is -0.866. The molecule has 0 spiro atoms. The number of pyridine rings is 2. The molecule has 0 saturated heterocycles. The second-order valence-corrected chi connectivity index (χ2v) is 8.84. The summed E-state index contributed by atoms with van der Waals surface area (Å²) in [5, 5.41) is 11.0. The van der Waals surface area contributed by atoms with Gasteiger partial charge in [-0.15, -0.1) is 0 Å². The van der Waals surface area contributed by atoms with Gasteiger partial charge in [-0.25, -0.2) is 4.98 Å². The maximum Gasteiger partial charge on any atom is 0.258 e. The third-order valence-corrected chi connectivity index (χ3v) is 6.71. The highest BCUT2D eigenvalue weighted by Crippen LogP contribution is 2.45. The van der Waals surface area contributed by atoms with Crippen molar-refractivity contribution >= 4 is 10.9 Å². The lowest BCUT2D eigenvalue weighted by molar-refractivity contribution is -0.105. The fraction of sp³-hybridized carbons (Fsp3) is 0.385. The van der Waals surface area contributed by atoms with Gasteiger partial charge in [0.25, 0.3) is 5.56 Å². The molecule has 166 valence electrons. The Labute approximate surface area is 187 Å². The van der Waals surface area contributed by atoms with Crippen molar-refractivity contribution in [1.29, 1.82) is 0 Å². The lowest BCUT2D eigenvalue weighted by Crippen LogP contribution is -2.42. The molecule has 2 aliphatic rings. The average molecular weight is 433 g/mol. The summed E-state index contributed by atoms with van der Waals surface area (Å²) in [4.78, 5) is 18.6. The summed E-state index contributed by atoms with van der Waals surface area (Å²) in [5.74, 6) is 0.756. The number of benzene rings is 1. The molecule has 0 saturated carbocycles. The Bertz CT molecular complexity index is 1340. The zero-order valence-electron chi connectivity index (χ0n) is 19.0. The van der Waals surface area contributed by atoms with Crippen molar-refractivity contribution in [3.63, 3.8) is 0 Å². The van der Waals surface area contributed by atoms with Gasteiger partial charge in [0.1, 0.15) is 23.7 Å². The fourth-order valence-electron chi connectivity index (χ4n) is 5.27. The molecule has 0 aliphatic carbocycles. The maximum absolute atomic E-state index is 13.6. The standard InChI is InChI=1S/C26H28N2O4/c1-6-17-18-10-16(29)8-9-22(18)27-24-19(17)12-28-23(24)11-21-20(25(28)30)13-31-15(5)26(21,7-2)32-14(3)4/h8-11,14,29H,5-7,12-13H2,1-4H3/t26-/m1/s1. The summed E-state index contributed by atoms with van der Waals surface area (Å²) < 4.78 is 14.0. The number of phenolic OH excluding ortho intramolecular Hbond substituents is 1. The van der Waals surface area contributed by atoms with Crippen LogP contribution in [0.1, 0.15) is 56.4 Å². The maximum atomic E-state index is 13.6. The van der Waals surface area contributed by atoms with Crippen molar-refractivity contribution in [3.8, 4) is 17.1 Å². The van der Waals surface area contributed by atoms with Crippen LogP contribution in [0.2, 0.25) is 0 Å². The van der Waals surface area contributed by atoms with E-state index in [2.05, 4.69) is 19.6 Å². The average Bonchev–Trinajstić information content (AvgIpc) is 3.12. The quantitative estimate of drug-likeness (QED) is 0.503. The van der Waals surface area contributed by atoms with Crippen LogP contribution in [0, 0.1) is 0 Å².